The highest BCUT2D eigenvalue weighted by molar-refractivity contribution is 8.01. The Bertz CT molecular complexity index is 1080. The van der Waals surface area contributed by atoms with Crippen LogP contribution in [0.3, 0.4) is 0 Å². The van der Waals surface area contributed by atoms with E-state index >= 15 is 0 Å². The summed E-state index contributed by atoms with van der Waals surface area (Å²) in [5, 5.41) is 25.5. The van der Waals surface area contributed by atoms with Gasteiger partial charge in [-0.15, -0.1) is 10.2 Å². The van der Waals surface area contributed by atoms with Gasteiger partial charge in [0.2, 0.25) is 11.0 Å². The summed E-state index contributed by atoms with van der Waals surface area (Å²) < 4.78 is 11.3. The van der Waals surface area contributed by atoms with Crippen LogP contribution in [0, 0.1) is 10.1 Å². The van der Waals surface area contributed by atoms with E-state index in [1.807, 2.05) is 31.2 Å². The molecule has 0 atom stereocenters. The van der Waals surface area contributed by atoms with Crippen LogP contribution in [-0.2, 0) is 4.79 Å². The predicted octanol–water partition coefficient (Wildman–Crippen LogP) is 4.33. The van der Waals surface area contributed by atoms with E-state index < -0.39 is 4.92 Å². The van der Waals surface area contributed by atoms with Crippen molar-refractivity contribution in [2.45, 2.75) is 11.3 Å². The number of carbonyl (C=O) groups excluding carboxylic acids is 1. The topological polar surface area (TPSA) is 129 Å². The number of hydrogen-bond donors (Lipinski definition) is 2. The van der Waals surface area contributed by atoms with Crippen LogP contribution in [0.1, 0.15) is 6.92 Å². The Labute approximate surface area is 186 Å². The van der Waals surface area contributed by atoms with E-state index in [0.717, 1.165) is 5.69 Å². The number of methoxy groups -OCH3 is 1. The molecule has 0 unspecified atom stereocenters. The second-order valence-corrected chi connectivity index (χ2v) is 8.11. The summed E-state index contributed by atoms with van der Waals surface area (Å²) in [7, 11) is 1.38. The highest BCUT2D eigenvalue weighted by Crippen LogP contribution is 2.32. The quantitative estimate of drug-likeness (QED) is 0.257. The van der Waals surface area contributed by atoms with Crippen LogP contribution in [0.2, 0.25) is 0 Å². The van der Waals surface area contributed by atoms with Gasteiger partial charge in [-0.2, -0.15) is 0 Å². The normalized spacial score (nSPS) is 10.4. The summed E-state index contributed by atoms with van der Waals surface area (Å²) in [5.41, 5.74) is 1.01. The number of aromatic nitrogens is 2. The highest BCUT2D eigenvalue weighted by atomic mass is 32.2. The number of nitrogens with zero attached hydrogens (tertiary/aromatic N) is 3. The number of hydrogen-bond acceptors (Lipinski definition) is 10. The summed E-state index contributed by atoms with van der Waals surface area (Å²) in [6.07, 6.45) is 0. The monoisotopic (exact) mass is 461 g/mol. The zero-order chi connectivity index (χ0) is 22.2. The fourth-order valence-electron chi connectivity index (χ4n) is 2.50. The molecule has 10 nitrogen and oxygen atoms in total. The van der Waals surface area contributed by atoms with Crippen LogP contribution in [-0.4, -0.2) is 40.5 Å². The molecule has 1 amide bonds. The van der Waals surface area contributed by atoms with Crippen LogP contribution in [0.25, 0.3) is 0 Å². The van der Waals surface area contributed by atoms with Gasteiger partial charge in [0.25, 0.3) is 5.69 Å². The molecule has 0 saturated carbocycles. The maximum absolute atomic E-state index is 12.3. The van der Waals surface area contributed by atoms with Crippen LogP contribution < -0.4 is 20.1 Å². The maximum atomic E-state index is 12.3. The molecule has 0 aliphatic heterocycles. The summed E-state index contributed by atoms with van der Waals surface area (Å²) in [5.74, 6) is 0.710. The number of para-hydroxylation sites is 2. The van der Waals surface area contributed by atoms with Gasteiger partial charge in [0.15, 0.2) is 4.34 Å². The average Bonchev–Trinajstić information content (AvgIpc) is 3.21. The average molecular weight is 462 g/mol. The predicted molar refractivity (Wildman–Crippen MR) is 120 cm³/mol. The van der Waals surface area contributed by atoms with Crippen molar-refractivity contribution in [3.8, 4) is 11.5 Å². The molecule has 31 heavy (non-hydrogen) atoms. The first-order valence-corrected chi connectivity index (χ1v) is 10.9. The van der Waals surface area contributed by atoms with Gasteiger partial charge >= 0.3 is 0 Å². The molecule has 0 radical (unpaired) electrons. The first-order valence-electron chi connectivity index (χ1n) is 9.07. The minimum Gasteiger partial charge on any atom is -0.494 e. The molecule has 1 heterocycles. The number of benzene rings is 2. The van der Waals surface area contributed by atoms with E-state index in [4.69, 9.17) is 9.47 Å². The third-order valence-corrected chi connectivity index (χ3v) is 5.80. The Morgan fingerprint density at radius 1 is 1.19 bits per heavy atom. The molecule has 0 aliphatic rings. The van der Waals surface area contributed by atoms with Crippen molar-refractivity contribution in [3.63, 3.8) is 0 Å². The molecule has 0 aliphatic carbocycles. The van der Waals surface area contributed by atoms with E-state index in [2.05, 4.69) is 20.8 Å². The van der Waals surface area contributed by atoms with Gasteiger partial charge in [0.05, 0.1) is 41.8 Å². The van der Waals surface area contributed by atoms with E-state index in [1.165, 1.54) is 48.4 Å². The van der Waals surface area contributed by atoms with E-state index in [0.29, 0.717) is 27.5 Å². The second kappa shape index (κ2) is 10.6. The van der Waals surface area contributed by atoms with E-state index in [9.17, 15) is 14.9 Å². The molecular formula is C19H19N5O5S2. The third kappa shape index (κ3) is 6.06. The maximum Gasteiger partial charge on any atom is 0.273 e. The largest absolute Gasteiger partial charge is 0.494 e. The lowest BCUT2D eigenvalue weighted by atomic mass is 10.2. The van der Waals surface area contributed by atoms with Crippen molar-refractivity contribution < 1.29 is 19.2 Å². The zero-order valence-electron chi connectivity index (χ0n) is 16.7. The van der Waals surface area contributed by atoms with Crippen molar-refractivity contribution in [3.05, 3.63) is 52.6 Å². The van der Waals surface area contributed by atoms with Crippen molar-refractivity contribution in [2.75, 3.05) is 30.1 Å². The highest BCUT2D eigenvalue weighted by Gasteiger charge is 2.15. The standard InChI is InChI=1S/C19H19N5O5S2/c1-3-29-15-7-5-4-6-13(15)21-18-22-23-19(31-18)30-11-17(25)20-14-9-8-12(24(26)27)10-16(14)28-2/h4-10H,3,11H2,1-2H3,(H,20,25)(H,21,22). The van der Waals surface area contributed by atoms with Gasteiger partial charge in [-0.1, -0.05) is 35.2 Å². The number of rotatable bonds is 10. The lowest BCUT2D eigenvalue weighted by Crippen LogP contribution is -2.14. The Hall–Kier alpha value is -3.38. The lowest BCUT2D eigenvalue weighted by Gasteiger charge is -2.09. The molecule has 1 aromatic heterocycles. The molecular weight excluding hydrogens is 442 g/mol. The molecule has 3 aromatic rings. The molecule has 0 saturated heterocycles. The molecule has 3 rings (SSSR count). The van der Waals surface area contributed by atoms with Gasteiger partial charge in [-0.25, -0.2) is 0 Å². The number of carbonyl (C=O) groups is 1. The van der Waals surface area contributed by atoms with Crippen LogP contribution in [0.5, 0.6) is 11.5 Å². The fraction of sp³-hybridized carbons (Fsp3) is 0.211. The number of ether oxygens (including phenoxy) is 2. The number of nitrogens with one attached hydrogen (secondary N) is 2. The van der Waals surface area contributed by atoms with Gasteiger partial charge in [-0.3, -0.25) is 14.9 Å². The molecule has 0 bridgehead atoms. The lowest BCUT2D eigenvalue weighted by molar-refractivity contribution is -0.384. The summed E-state index contributed by atoms with van der Waals surface area (Å²) in [6, 6.07) is 11.5. The molecule has 0 spiro atoms. The molecule has 12 heteroatoms. The van der Waals surface area contributed by atoms with Crippen molar-refractivity contribution in [2.24, 2.45) is 0 Å². The first-order chi connectivity index (χ1) is 15.0. The van der Waals surface area contributed by atoms with Crippen LogP contribution in [0.4, 0.5) is 22.2 Å². The van der Waals surface area contributed by atoms with Crippen molar-refractivity contribution in [1.29, 1.82) is 0 Å². The summed E-state index contributed by atoms with van der Waals surface area (Å²) in [4.78, 5) is 22.6. The molecule has 2 aromatic carbocycles. The number of non-ortho nitro benzene ring substituents is 1. The Morgan fingerprint density at radius 3 is 2.74 bits per heavy atom. The summed E-state index contributed by atoms with van der Waals surface area (Å²) in [6.45, 7) is 2.46. The van der Waals surface area contributed by atoms with E-state index in [-0.39, 0.29) is 23.1 Å². The number of nitro groups is 1. The number of amides is 1. The minimum absolute atomic E-state index is 0.0876. The van der Waals surface area contributed by atoms with Gasteiger partial charge < -0.3 is 20.1 Å². The minimum atomic E-state index is -0.530. The Morgan fingerprint density at radius 2 is 2.00 bits per heavy atom. The number of thioether (sulfide) groups is 1. The molecule has 0 fully saturated rings. The second-order valence-electron chi connectivity index (χ2n) is 5.91. The zero-order valence-corrected chi connectivity index (χ0v) is 18.3. The van der Waals surface area contributed by atoms with Gasteiger partial charge in [-0.05, 0) is 25.1 Å². The number of nitro benzene ring substituents is 1. The van der Waals surface area contributed by atoms with Crippen molar-refractivity contribution in [1.82, 2.24) is 10.2 Å². The van der Waals surface area contributed by atoms with E-state index in [1.54, 1.807) is 0 Å². The van der Waals surface area contributed by atoms with Gasteiger partial charge in [0.1, 0.15) is 11.5 Å². The van der Waals surface area contributed by atoms with Crippen LogP contribution in [0.15, 0.2) is 46.8 Å². The third-order valence-electron chi connectivity index (χ3n) is 3.83. The SMILES string of the molecule is CCOc1ccccc1Nc1nnc(SCC(=O)Nc2ccc([N+](=O)[O-])cc2OC)s1. The molecule has 162 valence electrons. The van der Waals surface area contributed by atoms with Crippen LogP contribution >= 0.6 is 23.1 Å². The van der Waals surface area contributed by atoms with Gasteiger partial charge in [0, 0.05) is 6.07 Å². The van der Waals surface area contributed by atoms with Crippen molar-refractivity contribution >= 4 is 51.2 Å². The summed E-state index contributed by atoms with van der Waals surface area (Å²) >= 11 is 2.54. The number of anilines is 3. The first kappa shape index (κ1) is 22.3. The Balaban J connectivity index is 1.57. The fourth-order valence-corrected chi connectivity index (χ4v) is 4.06. The Kier molecular flexibility index (Phi) is 7.62. The smallest absolute Gasteiger partial charge is 0.273 e. The molecule has 2 N–H and O–H groups in total.